The Kier molecular flexibility index (Phi) is 6.71. The highest BCUT2D eigenvalue weighted by molar-refractivity contribution is 7.88. The molecular formula is C24H29N3O5S. The Morgan fingerprint density at radius 1 is 1.18 bits per heavy atom. The number of aromatic nitrogens is 1. The van der Waals surface area contributed by atoms with E-state index in [-0.39, 0.29) is 18.4 Å². The standard InChI is InChI=1S/C24H29N3O5S/c1-16-22(17(2)32-26-16)15-31-23-13-20-7-5-4-6-19(20)12-21(23)24(28)25-14-18-8-10-27(11-9-18)33(3,29)30/h4-7,12-13,18H,8-11,14-15H2,1-3H3,(H,25,28). The molecule has 1 aliphatic rings. The molecule has 3 aromatic rings. The van der Waals surface area contributed by atoms with Crippen LogP contribution in [-0.2, 0) is 16.6 Å². The second kappa shape index (κ2) is 9.52. The summed E-state index contributed by atoms with van der Waals surface area (Å²) in [6.45, 7) is 5.42. The van der Waals surface area contributed by atoms with E-state index in [1.165, 1.54) is 10.6 Å². The van der Waals surface area contributed by atoms with Crippen molar-refractivity contribution >= 4 is 26.7 Å². The monoisotopic (exact) mass is 471 g/mol. The largest absolute Gasteiger partial charge is 0.488 e. The second-order valence-electron chi connectivity index (χ2n) is 8.60. The number of hydrogen-bond donors (Lipinski definition) is 1. The molecule has 0 saturated carbocycles. The lowest BCUT2D eigenvalue weighted by Gasteiger charge is -2.30. The van der Waals surface area contributed by atoms with Gasteiger partial charge in [0.05, 0.1) is 23.1 Å². The van der Waals surface area contributed by atoms with E-state index >= 15 is 0 Å². The summed E-state index contributed by atoms with van der Waals surface area (Å²) in [5.41, 5.74) is 2.10. The predicted molar refractivity (Wildman–Crippen MR) is 126 cm³/mol. The van der Waals surface area contributed by atoms with E-state index < -0.39 is 10.0 Å². The molecule has 0 bridgehead atoms. The molecule has 1 aromatic heterocycles. The normalized spacial score (nSPS) is 15.6. The van der Waals surface area contributed by atoms with E-state index in [1.54, 1.807) is 0 Å². The van der Waals surface area contributed by atoms with Crippen LogP contribution in [-0.4, -0.2) is 49.7 Å². The van der Waals surface area contributed by atoms with Gasteiger partial charge in [0.15, 0.2) is 0 Å². The number of nitrogens with one attached hydrogen (secondary N) is 1. The molecule has 1 N–H and O–H groups in total. The van der Waals surface area contributed by atoms with Crippen LogP contribution >= 0.6 is 0 Å². The van der Waals surface area contributed by atoms with Crippen molar-refractivity contribution < 1.29 is 22.5 Å². The summed E-state index contributed by atoms with van der Waals surface area (Å²) >= 11 is 0. The molecule has 0 aliphatic carbocycles. The Balaban J connectivity index is 1.48. The average molecular weight is 472 g/mol. The number of aryl methyl sites for hydroxylation is 2. The zero-order chi connectivity index (χ0) is 23.6. The van der Waals surface area contributed by atoms with Crippen molar-refractivity contribution in [3.05, 3.63) is 59.0 Å². The number of sulfonamides is 1. The van der Waals surface area contributed by atoms with Crippen LogP contribution in [0.4, 0.5) is 0 Å². The number of carbonyl (C=O) groups is 1. The molecule has 1 amide bonds. The van der Waals surface area contributed by atoms with Crippen LogP contribution in [0.1, 0.15) is 40.2 Å². The van der Waals surface area contributed by atoms with E-state index in [0.29, 0.717) is 36.7 Å². The maximum absolute atomic E-state index is 13.1. The number of piperidine rings is 1. The molecule has 1 saturated heterocycles. The molecule has 0 unspecified atom stereocenters. The molecule has 0 spiro atoms. The van der Waals surface area contributed by atoms with Crippen LogP contribution in [0.25, 0.3) is 10.8 Å². The second-order valence-corrected chi connectivity index (χ2v) is 10.6. The van der Waals surface area contributed by atoms with E-state index in [1.807, 2.05) is 50.2 Å². The van der Waals surface area contributed by atoms with Crippen molar-refractivity contribution in [2.45, 2.75) is 33.3 Å². The Labute approximate surface area is 193 Å². The first-order valence-electron chi connectivity index (χ1n) is 11.0. The highest BCUT2D eigenvalue weighted by Gasteiger charge is 2.25. The molecule has 2 heterocycles. The highest BCUT2D eigenvalue weighted by Crippen LogP contribution is 2.28. The maximum atomic E-state index is 13.1. The van der Waals surface area contributed by atoms with E-state index in [2.05, 4.69) is 10.5 Å². The molecular weight excluding hydrogens is 442 g/mol. The zero-order valence-corrected chi connectivity index (χ0v) is 19.9. The first-order valence-corrected chi connectivity index (χ1v) is 12.9. The quantitative estimate of drug-likeness (QED) is 0.567. The number of amides is 1. The first kappa shape index (κ1) is 23.3. The van der Waals surface area contributed by atoms with Crippen molar-refractivity contribution in [3.8, 4) is 5.75 Å². The first-order chi connectivity index (χ1) is 15.7. The number of nitrogens with zero attached hydrogens (tertiary/aromatic N) is 2. The molecule has 9 heteroatoms. The van der Waals surface area contributed by atoms with Crippen molar-refractivity contribution in [1.29, 1.82) is 0 Å². The Morgan fingerprint density at radius 2 is 1.85 bits per heavy atom. The van der Waals surface area contributed by atoms with Crippen molar-refractivity contribution in [2.24, 2.45) is 5.92 Å². The van der Waals surface area contributed by atoms with Crippen molar-refractivity contribution in [3.63, 3.8) is 0 Å². The van der Waals surface area contributed by atoms with Gasteiger partial charge in [-0.05, 0) is 55.5 Å². The molecule has 33 heavy (non-hydrogen) atoms. The number of rotatable bonds is 7. The van der Waals surface area contributed by atoms with E-state index in [9.17, 15) is 13.2 Å². The summed E-state index contributed by atoms with van der Waals surface area (Å²) in [6, 6.07) is 11.6. The van der Waals surface area contributed by atoms with Gasteiger partial charge in [0.1, 0.15) is 18.1 Å². The molecule has 0 atom stereocenters. The van der Waals surface area contributed by atoms with Gasteiger partial charge in [-0.1, -0.05) is 29.4 Å². The van der Waals surface area contributed by atoms with Gasteiger partial charge < -0.3 is 14.6 Å². The van der Waals surface area contributed by atoms with Crippen LogP contribution < -0.4 is 10.1 Å². The topological polar surface area (TPSA) is 102 Å². The molecule has 4 rings (SSSR count). The minimum atomic E-state index is -3.16. The highest BCUT2D eigenvalue weighted by atomic mass is 32.2. The fourth-order valence-electron chi connectivity index (χ4n) is 4.15. The van der Waals surface area contributed by atoms with Gasteiger partial charge in [-0.15, -0.1) is 0 Å². The predicted octanol–water partition coefficient (Wildman–Crippen LogP) is 3.43. The van der Waals surface area contributed by atoms with Gasteiger partial charge in [0, 0.05) is 19.6 Å². The molecule has 2 aromatic carbocycles. The lowest BCUT2D eigenvalue weighted by Crippen LogP contribution is -2.41. The Morgan fingerprint density at radius 3 is 2.45 bits per heavy atom. The Hall–Kier alpha value is -2.91. The van der Waals surface area contributed by atoms with Crippen LogP contribution in [0.3, 0.4) is 0 Å². The van der Waals surface area contributed by atoms with Gasteiger partial charge in [0.25, 0.3) is 5.91 Å². The zero-order valence-electron chi connectivity index (χ0n) is 19.1. The summed E-state index contributed by atoms with van der Waals surface area (Å²) in [4.78, 5) is 13.1. The maximum Gasteiger partial charge on any atom is 0.255 e. The fourth-order valence-corrected chi connectivity index (χ4v) is 5.03. The fraction of sp³-hybridized carbons (Fsp3) is 0.417. The number of benzene rings is 2. The van der Waals surface area contributed by atoms with E-state index in [4.69, 9.17) is 9.26 Å². The molecule has 0 radical (unpaired) electrons. The lowest BCUT2D eigenvalue weighted by molar-refractivity contribution is 0.0937. The van der Waals surface area contributed by atoms with Gasteiger partial charge in [-0.2, -0.15) is 0 Å². The molecule has 1 fully saturated rings. The van der Waals surface area contributed by atoms with Gasteiger partial charge in [0.2, 0.25) is 10.0 Å². The van der Waals surface area contributed by atoms with Gasteiger partial charge in [-0.25, -0.2) is 12.7 Å². The number of hydrogen-bond acceptors (Lipinski definition) is 6. The van der Waals surface area contributed by atoms with Crippen LogP contribution in [0.15, 0.2) is 40.9 Å². The SMILES string of the molecule is Cc1noc(C)c1COc1cc2ccccc2cc1C(=O)NCC1CCN(S(C)(=O)=O)CC1. The Bertz CT molecular complexity index is 1240. The third-order valence-electron chi connectivity index (χ3n) is 6.24. The summed E-state index contributed by atoms with van der Waals surface area (Å²) in [5.74, 6) is 1.22. The molecule has 1 aliphatic heterocycles. The molecule has 176 valence electrons. The third-order valence-corrected chi connectivity index (χ3v) is 7.54. The number of ether oxygens (including phenoxy) is 1. The smallest absolute Gasteiger partial charge is 0.255 e. The minimum Gasteiger partial charge on any atom is -0.488 e. The number of fused-ring (bicyclic) bond motifs is 1. The lowest BCUT2D eigenvalue weighted by atomic mass is 9.98. The average Bonchev–Trinajstić information content (AvgIpc) is 3.12. The van der Waals surface area contributed by atoms with Gasteiger partial charge >= 0.3 is 0 Å². The van der Waals surface area contributed by atoms with Crippen LogP contribution in [0.2, 0.25) is 0 Å². The minimum absolute atomic E-state index is 0.208. The van der Waals surface area contributed by atoms with Crippen LogP contribution in [0, 0.1) is 19.8 Å². The van der Waals surface area contributed by atoms with E-state index in [0.717, 1.165) is 34.9 Å². The number of carbonyl (C=O) groups excluding carboxylic acids is 1. The summed E-state index contributed by atoms with van der Waals surface area (Å²) in [7, 11) is -3.16. The summed E-state index contributed by atoms with van der Waals surface area (Å²) in [6.07, 6.45) is 2.68. The van der Waals surface area contributed by atoms with Crippen LogP contribution in [0.5, 0.6) is 5.75 Å². The summed E-state index contributed by atoms with van der Waals surface area (Å²) < 4.78 is 36.2. The third kappa shape index (κ3) is 5.36. The van der Waals surface area contributed by atoms with Crippen molar-refractivity contribution in [1.82, 2.24) is 14.8 Å². The van der Waals surface area contributed by atoms with Gasteiger partial charge in [-0.3, -0.25) is 4.79 Å². The molecule has 8 nitrogen and oxygen atoms in total. The summed E-state index contributed by atoms with van der Waals surface area (Å²) in [5, 5.41) is 8.92. The van der Waals surface area contributed by atoms with Crippen molar-refractivity contribution in [2.75, 3.05) is 25.9 Å².